The quantitative estimate of drug-likeness (QED) is 0.524. The van der Waals surface area contributed by atoms with Crippen LogP contribution in [0.15, 0.2) is 42.5 Å². The van der Waals surface area contributed by atoms with E-state index in [1.807, 2.05) is 42.6 Å². The van der Waals surface area contributed by atoms with Crippen LogP contribution < -0.4 is 14.8 Å². The maximum atomic E-state index is 12.5. The maximum absolute atomic E-state index is 12.5. The Hall–Kier alpha value is -3.61. The summed E-state index contributed by atoms with van der Waals surface area (Å²) in [5.74, 6) is 1.11. The summed E-state index contributed by atoms with van der Waals surface area (Å²) in [7, 11) is 3.14. The SMILES string of the molecule is COc1ccc(NC(=O)CCc2c(C)nc3c4ccccc4nn3c2C)cc1OC. The Labute approximate surface area is 174 Å². The van der Waals surface area contributed by atoms with Crippen molar-refractivity contribution in [2.75, 3.05) is 19.5 Å². The first-order valence-corrected chi connectivity index (χ1v) is 9.77. The van der Waals surface area contributed by atoms with E-state index in [9.17, 15) is 4.79 Å². The van der Waals surface area contributed by atoms with E-state index in [0.29, 0.717) is 30.0 Å². The van der Waals surface area contributed by atoms with Gasteiger partial charge in [-0.15, -0.1) is 0 Å². The second-order valence-corrected chi connectivity index (χ2v) is 7.13. The molecule has 0 saturated carbocycles. The van der Waals surface area contributed by atoms with Gasteiger partial charge in [-0.05, 0) is 50.1 Å². The van der Waals surface area contributed by atoms with Crippen LogP contribution in [0.25, 0.3) is 16.6 Å². The van der Waals surface area contributed by atoms with E-state index >= 15 is 0 Å². The second-order valence-electron chi connectivity index (χ2n) is 7.13. The van der Waals surface area contributed by atoms with Crippen molar-refractivity contribution in [1.29, 1.82) is 0 Å². The van der Waals surface area contributed by atoms with Crippen LogP contribution in [0.4, 0.5) is 5.69 Å². The number of nitrogens with zero attached hydrogens (tertiary/aromatic N) is 3. The second kappa shape index (κ2) is 8.02. The largest absolute Gasteiger partial charge is 0.493 e. The highest BCUT2D eigenvalue weighted by Gasteiger charge is 2.15. The number of aryl methyl sites for hydroxylation is 2. The van der Waals surface area contributed by atoms with Gasteiger partial charge < -0.3 is 14.8 Å². The van der Waals surface area contributed by atoms with Crippen molar-refractivity contribution in [3.63, 3.8) is 0 Å². The predicted octanol–water partition coefficient (Wildman–Crippen LogP) is 4.09. The summed E-state index contributed by atoms with van der Waals surface area (Å²) in [6, 6.07) is 13.3. The summed E-state index contributed by atoms with van der Waals surface area (Å²) < 4.78 is 12.4. The molecule has 0 bridgehead atoms. The molecule has 0 aliphatic heterocycles. The fourth-order valence-corrected chi connectivity index (χ4v) is 3.71. The Morgan fingerprint density at radius 2 is 1.83 bits per heavy atom. The Balaban J connectivity index is 1.53. The molecule has 0 unspecified atom stereocenters. The van der Waals surface area contributed by atoms with Crippen LogP contribution in [0, 0.1) is 13.8 Å². The van der Waals surface area contributed by atoms with Gasteiger partial charge in [-0.3, -0.25) is 4.79 Å². The number of fused-ring (bicyclic) bond motifs is 3. The monoisotopic (exact) mass is 404 g/mol. The topological polar surface area (TPSA) is 77.8 Å². The van der Waals surface area contributed by atoms with Crippen LogP contribution in [0.1, 0.15) is 23.4 Å². The zero-order valence-corrected chi connectivity index (χ0v) is 17.5. The molecule has 4 rings (SSSR count). The van der Waals surface area contributed by atoms with Gasteiger partial charge >= 0.3 is 0 Å². The molecule has 1 amide bonds. The lowest BCUT2D eigenvalue weighted by atomic mass is 10.1. The summed E-state index contributed by atoms with van der Waals surface area (Å²) in [6.07, 6.45) is 0.917. The first-order valence-electron chi connectivity index (χ1n) is 9.77. The van der Waals surface area contributed by atoms with Crippen molar-refractivity contribution >= 4 is 28.1 Å². The first-order chi connectivity index (χ1) is 14.5. The smallest absolute Gasteiger partial charge is 0.224 e. The predicted molar refractivity (Wildman–Crippen MR) is 116 cm³/mol. The summed E-state index contributed by atoms with van der Waals surface area (Å²) in [4.78, 5) is 17.3. The van der Waals surface area contributed by atoms with E-state index in [0.717, 1.165) is 33.5 Å². The lowest BCUT2D eigenvalue weighted by Gasteiger charge is -2.12. The Bertz CT molecular complexity index is 1250. The van der Waals surface area contributed by atoms with Crippen LogP contribution in [0.3, 0.4) is 0 Å². The highest BCUT2D eigenvalue weighted by molar-refractivity contribution is 5.92. The minimum absolute atomic E-state index is 0.0771. The number of benzene rings is 2. The van der Waals surface area contributed by atoms with E-state index in [1.54, 1.807) is 32.4 Å². The number of aromatic nitrogens is 3. The summed E-state index contributed by atoms with van der Waals surface area (Å²) in [5, 5.41) is 8.62. The zero-order valence-electron chi connectivity index (χ0n) is 17.5. The van der Waals surface area contributed by atoms with Crippen molar-refractivity contribution in [2.24, 2.45) is 0 Å². The summed E-state index contributed by atoms with van der Waals surface area (Å²) >= 11 is 0. The third-order valence-corrected chi connectivity index (χ3v) is 5.29. The number of nitrogens with one attached hydrogen (secondary N) is 1. The average Bonchev–Trinajstić information content (AvgIpc) is 3.12. The molecule has 7 heteroatoms. The maximum Gasteiger partial charge on any atom is 0.224 e. The number of hydrogen-bond acceptors (Lipinski definition) is 5. The highest BCUT2D eigenvalue weighted by Crippen LogP contribution is 2.30. The molecule has 2 heterocycles. The minimum atomic E-state index is -0.0771. The van der Waals surface area contributed by atoms with Gasteiger partial charge in [0.15, 0.2) is 17.1 Å². The number of carbonyl (C=O) groups excluding carboxylic acids is 1. The van der Waals surface area contributed by atoms with Gasteiger partial charge in [-0.2, -0.15) is 5.10 Å². The van der Waals surface area contributed by atoms with Gasteiger partial charge in [0.1, 0.15) is 0 Å². The van der Waals surface area contributed by atoms with Crippen molar-refractivity contribution < 1.29 is 14.3 Å². The lowest BCUT2D eigenvalue weighted by molar-refractivity contribution is -0.116. The molecule has 154 valence electrons. The summed E-state index contributed by atoms with van der Waals surface area (Å²) in [5.41, 5.74) is 5.39. The van der Waals surface area contributed by atoms with E-state index in [1.165, 1.54) is 0 Å². The molecule has 0 spiro atoms. The van der Waals surface area contributed by atoms with Gasteiger partial charge in [0.2, 0.25) is 5.91 Å². The molecule has 1 N–H and O–H groups in total. The number of rotatable bonds is 6. The Kier molecular flexibility index (Phi) is 5.27. The molecule has 0 radical (unpaired) electrons. The molecule has 0 atom stereocenters. The number of hydrogen-bond donors (Lipinski definition) is 1. The standard InChI is InChI=1S/C23H24N4O3/c1-14-17(15(2)27-23(24-14)18-7-5-6-8-19(18)26-27)10-12-22(28)25-16-9-11-20(29-3)21(13-16)30-4/h5-9,11,13H,10,12H2,1-4H3,(H,25,28). The fourth-order valence-electron chi connectivity index (χ4n) is 3.71. The molecule has 7 nitrogen and oxygen atoms in total. The van der Waals surface area contributed by atoms with E-state index in [-0.39, 0.29) is 5.91 Å². The van der Waals surface area contributed by atoms with Gasteiger partial charge in [0.25, 0.3) is 0 Å². The number of anilines is 1. The molecule has 0 aliphatic rings. The molecule has 0 saturated heterocycles. The minimum Gasteiger partial charge on any atom is -0.493 e. The van der Waals surface area contributed by atoms with Crippen LogP contribution in [0.5, 0.6) is 11.5 Å². The van der Waals surface area contributed by atoms with E-state index < -0.39 is 0 Å². The third-order valence-electron chi connectivity index (χ3n) is 5.29. The van der Waals surface area contributed by atoms with Crippen LogP contribution in [-0.4, -0.2) is 34.7 Å². The van der Waals surface area contributed by atoms with Crippen LogP contribution in [0.2, 0.25) is 0 Å². The molecular formula is C23H24N4O3. The van der Waals surface area contributed by atoms with Gasteiger partial charge in [0.05, 0.1) is 19.7 Å². The molecule has 2 aromatic carbocycles. The zero-order chi connectivity index (χ0) is 21.3. The normalized spacial score (nSPS) is 11.1. The number of ether oxygens (including phenoxy) is 2. The van der Waals surface area contributed by atoms with Gasteiger partial charge in [0, 0.05) is 34.9 Å². The fraction of sp³-hybridized carbons (Fsp3) is 0.261. The third kappa shape index (κ3) is 3.54. The Morgan fingerprint density at radius 1 is 1.07 bits per heavy atom. The molecular weight excluding hydrogens is 380 g/mol. The van der Waals surface area contributed by atoms with Gasteiger partial charge in [-0.25, -0.2) is 9.50 Å². The van der Waals surface area contributed by atoms with Crippen LogP contribution in [-0.2, 0) is 11.2 Å². The van der Waals surface area contributed by atoms with Crippen molar-refractivity contribution in [3.8, 4) is 11.5 Å². The van der Waals surface area contributed by atoms with E-state index in [2.05, 4.69) is 10.4 Å². The lowest BCUT2D eigenvalue weighted by Crippen LogP contribution is -2.14. The molecule has 2 aromatic heterocycles. The van der Waals surface area contributed by atoms with E-state index in [4.69, 9.17) is 14.5 Å². The van der Waals surface area contributed by atoms with Crippen molar-refractivity contribution in [1.82, 2.24) is 14.6 Å². The average molecular weight is 404 g/mol. The van der Waals surface area contributed by atoms with Crippen LogP contribution >= 0.6 is 0 Å². The van der Waals surface area contributed by atoms with Gasteiger partial charge in [-0.1, -0.05) is 12.1 Å². The molecule has 30 heavy (non-hydrogen) atoms. The number of carbonyl (C=O) groups is 1. The summed E-state index contributed by atoms with van der Waals surface area (Å²) in [6.45, 7) is 4.01. The highest BCUT2D eigenvalue weighted by atomic mass is 16.5. The molecule has 4 aromatic rings. The molecule has 0 aliphatic carbocycles. The van der Waals surface area contributed by atoms with Crippen molar-refractivity contribution in [2.45, 2.75) is 26.7 Å². The Morgan fingerprint density at radius 3 is 2.60 bits per heavy atom. The number of amides is 1. The first kappa shape index (κ1) is 19.7. The molecule has 0 fully saturated rings. The number of methoxy groups -OCH3 is 2. The van der Waals surface area contributed by atoms with Crippen molar-refractivity contribution in [3.05, 3.63) is 59.4 Å².